The van der Waals surface area contributed by atoms with Crippen LogP contribution in [0.15, 0.2) is 41.0 Å². The van der Waals surface area contributed by atoms with E-state index in [4.69, 9.17) is 0 Å². The van der Waals surface area contributed by atoms with E-state index >= 15 is 0 Å². The van der Waals surface area contributed by atoms with Gasteiger partial charge in [0.05, 0.1) is 0 Å². The molecule has 0 aliphatic carbocycles. The van der Waals surface area contributed by atoms with E-state index in [2.05, 4.69) is 45.0 Å². The quantitative estimate of drug-likeness (QED) is 0.782. The van der Waals surface area contributed by atoms with Gasteiger partial charge in [0, 0.05) is 11.6 Å². The molecule has 0 bridgehead atoms. The average molecular weight is 277 g/mol. The van der Waals surface area contributed by atoms with E-state index in [1.165, 1.54) is 5.56 Å². The lowest BCUT2D eigenvalue weighted by molar-refractivity contribution is 0.799. The molecule has 1 unspecified atom stereocenters. The van der Waals surface area contributed by atoms with Crippen LogP contribution in [0.3, 0.4) is 0 Å². The smallest absolute Gasteiger partial charge is 0.137 e. The van der Waals surface area contributed by atoms with Crippen molar-refractivity contribution in [3.8, 4) is 0 Å². The Morgan fingerprint density at radius 1 is 1.12 bits per heavy atom. The summed E-state index contributed by atoms with van der Waals surface area (Å²) >= 11 is 3.40. The Bertz CT molecular complexity index is 462. The molecule has 82 valence electrons. The van der Waals surface area contributed by atoms with Crippen molar-refractivity contribution in [2.45, 2.75) is 19.8 Å². The zero-order valence-electron chi connectivity index (χ0n) is 9.31. The van der Waals surface area contributed by atoms with Gasteiger partial charge in [0.25, 0.3) is 0 Å². The van der Waals surface area contributed by atoms with Crippen molar-refractivity contribution in [3.05, 3.63) is 58.1 Å². The molecule has 0 aliphatic heterocycles. The van der Waals surface area contributed by atoms with E-state index in [9.17, 15) is 0 Å². The lowest BCUT2D eigenvalue weighted by Crippen LogP contribution is -2.03. The number of hydrogen-bond donors (Lipinski definition) is 0. The normalized spacial score (nSPS) is 12.4. The molecule has 0 N–H and O–H groups in total. The third-order valence-electron chi connectivity index (χ3n) is 2.53. The summed E-state index contributed by atoms with van der Waals surface area (Å²) in [6.07, 6.45) is 0. The number of hydrogen-bond acceptors (Lipinski definition) is 2. The summed E-state index contributed by atoms with van der Waals surface area (Å²) in [5.41, 5.74) is 2.22. The summed E-state index contributed by atoms with van der Waals surface area (Å²) in [5, 5.41) is 0. The van der Waals surface area contributed by atoms with Crippen LogP contribution in [0, 0.1) is 6.92 Å². The number of halogens is 1. The highest BCUT2D eigenvalue weighted by molar-refractivity contribution is 9.10. The molecule has 1 heterocycles. The lowest BCUT2D eigenvalue weighted by Gasteiger charge is -2.11. The first-order valence-corrected chi connectivity index (χ1v) is 6.02. The molecule has 16 heavy (non-hydrogen) atoms. The predicted molar refractivity (Wildman–Crippen MR) is 68.4 cm³/mol. The van der Waals surface area contributed by atoms with Crippen LogP contribution < -0.4 is 0 Å². The van der Waals surface area contributed by atoms with Crippen LogP contribution in [0.1, 0.15) is 29.9 Å². The Kier molecular flexibility index (Phi) is 3.34. The zero-order valence-corrected chi connectivity index (χ0v) is 10.9. The molecule has 0 spiro atoms. The highest BCUT2D eigenvalue weighted by Gasteiger charge is 2.11. The van der Waals surface area contributed by atoms with Crippen molar-refractivity contribution < 1.29 is 0 Å². The van der Waals surface area contributed by atoms with Crippen molar-refractivity contribution in [2.24, 2.45) is 0 Å². The summed E-state index contributed by atoms with van der Waals surface area (Å²) in [4.78, 5) is 8.89. The van der Waals surface area contributed by atoms with E-state index in [1.807, 2.05) is 31.2 Å². The van der Waals surface area contributed by atoms with Crippen molar-refractivity contribution in [1.29, 1.82) is 0 Å². The van der Waals surface area contributed by atoms with Gasteiger partial charge in [0.1, 0.15) is 10.4 Å². The van der Waals surface area contributed by atoms with Gasteiger partial charge >= 0.3 is 0 Å². The fourth-order valence-electron chi connectivity index (χ4n) is 1.64. The molecule has 0 saturated carbocycles. The average Bonchev–Trinajstić information content (AvgIpc) is 2.28. The molecule has 2 rings (SSSR count). The molecule has 0 fully saturated rings. The van der Waals surface area contributed by atoms with Crippen LogP contribution in [0.5, 0.6) is 0 Å². The van der Waals surface area contributed by atoms with Gasteiger partial charge in [0.15, 0.2) is 0 Å². The van der Waals surface area contributed by atoms with Crippen LogP contribution in [-0.2, 0) is 0 Å². The van der Waals surface area contributed by atoms with E-state index in [1.54, 1.807) is 0 Å². The number of nitrogens with zero attached hydrogens (tertiary/aromatic N) is 2. The van der Waals surface area contributed by atoms with Crippen molar-refractivity contribution in [2.75, 3.05) is 0 Å². The minimum Gasteiger partial charge on any atom is -0.238 e. The minimum atomic E-state index is 0.220. The predicted octanol–water partition coefficient (Wildman–Crippen LogP) is 3.70. The molecule has 3 heteroatoms. The lowest BCUT2D eigenvalue weighted by atomic mass is 10.0. The zero-order chi connectivity index (χ0) is 11.5. The van der Waals surface area contributed by atoms with Gasteiger partial charge in [-0.3, -0.25) is 0 Å². The number of aryl methyl sites for hydroxylation is 1. The summed E-state index contributed by atoms with van der Waals surface area (Å²) in [6.45, 7) is 4.10. The van der Waals surface area contributed by atoms with Gasteiger partial charge < -0.3 is 0 Å². The van der Waals surface area contributed by atoms with Gasteiger partial charge in [-0.15, -0.1) is 0 Å². The van der Waals surface area contributed by atoms with Gasteiger partial charge in [-0.25, -0.2) is 9.97 Å². The van der Waals surface area contributed by atoms with Crippen LogP contribution in [0.2, 0.25) is 0 Å². The number of rotatable bonds is 2. The van der Waals surface area contributed by atoms with Crippen LogP contribution in [0.4, 0.5) is 0 Å². The van der Waals surface area contributed by atoms with Crippen LogP contribution in [-0.4, -0.2) is 9.97 Å². The van der Waals surface area contributed by atoms with E-state index in [0.717, 1.165) is 16.1 Å². The maximum Gasteiger partial charge on any atom is 0.137 e. The molecule has 2 aromatic rings. The SMILES string of the molecule is Cc1cc(Br)nc(C(C)c2ccccc2)n1. The van der Waals surface area contributed by atoms with Gasteiger partial charge in [-0.2, -0.15) is 0 Å². The first-order valence-electron chi connectivity index (χ1n) is 5.23. The van der Waals surface area contributed by atoms with E-state index in [-0.39, 0.29) is 5.92 Å². The standard InChI is InChI=1S/C13H13BrN2/c1-9-8-12(14)16-13(15-9)10(2)11-6-4-3-5-7-11/h3-8,10H,1-2H3. The molecule has 0 radical (unpaired) electrons. The first kappa shape index (κ1) is 11.3. The molecular formula is C13H13BrN2. The van der Waals surface area contributed by atoms with Gasteiger partial charge in [-0.1, -0.05) is 37.3 Å². The second kappa shape index (κ2) is 4.74. The summed E-state index contributed by atoms with van der Waals surface area (Å²) in [5.74, 6) is 1.08. The van der Waals surface area contributed by atoms with Crippen molar-refractivity contribution >= 4 is 15.9 Å². The minimum absolute atomic E-state index is 0.220. The van der Waals surface area contributed by atoms with Crippen LogP contribution >= 0.6 is 15.9 Å². The molecule has 0 saturated heterocycles. The summed E-state index contributed by atoms with van der Waals surface area (Å²) in [6, 6.07) is 12.2. The first-order chi connectivity index (χ1) is 7.66. The Morgan fingerprint density at radius 3 is 2.44 bits per heavy atom. The van der Waals surface area contributed by atoms with Gasteiger partial charge in [0.2, 0.25) is 0 Å². The molecular weight excluding hydrogens is 264 g/mol. The van der Waals surface area contributed by atoms with Crippen molar-refractivity contribution in [1.82, 2.24) is 9.97 Å². The highest BCUT2D eigenvalue weighted by atomic mass is 79.9. The molecule has 0 aliphatic rings. The molecule has 1 aromatic carbocycles. The Balaban J connectivity index is 2.37. The molecule has 1 aromatic heterocycles. The topological polar surface area (TPSA) is 25.8 Å². The molecule has 2 nitrogen and oxygen atoms in total. The second-order valence-electron chi connectivity index (χ2n) is 3.82. The highest BCUT2D eigenvalue weighted by Crippen LogP contribution is 2.22. The van der Waals surface area contributed by atoms with E-state index < -0.39 is 0 Å². The third-order valence-corrected chi connectivity index (χ3v) is 2.93. The second-order valence-corrected chi connectivity index (χ2v) is 4.64. The maximum atomic E-state index is 4.47. The van der Waals surface area contributed by atoms with Crippen LogP contribution in [0.25, 0.3) is 0 Å². The molecule has 0 amide bonds. The largest absolute Gasteiger partial charge is 0.238 e. The van der Waals surface area contributed by atoms with E-state index in [0.29, 0.717) is 0 Å². The number of benzene rings is 1. The third kappa shape index (κ3) is 2.47. The summed E-state index contributed by atoms with van der Waals surface area (Å²) < 4.78 is 0.845. The fraction of sp³-hybridized carbons (Fsp3) is 0.231. The van der Waals surface area contributed by atoms with Gasteiger partial charge in [-0.05, 0) is 34.5 Å². The molecule has 1 atom stereocenters. The van der Waals surface area contributed by atoms with Crippen molar-refractivity contribution in [3.63, 3.8) is 0 Å². The Labute approximate surface area is 104 Å². The summed E-state index contributed by atoms with van der Waals surface area (Å²) in [7, 11) is 0. The monoisotopic (exact) mass is 276 g/mol. The number of aromatic nitrogens is 2. The Morgan fingerprint density at radius 2 is 1.81 bits per heavy atom. The fourth-order valence-corrected chi connectivity index (χ4v) is 2.15. The Hall–Kier alpha value is -1.22. The maximum absolute atomic E-state index is 4.47.